The van der Waals surface area contributed by atoms with Gasteiger partial charge < -0.3 is 14.6 Å². The van der Waals surface area contributed by atoms with E-state index in [2.05, 4.69) is 0 Å². The molecule has 1 N–H and O–H groups in total. The van der Waals surface area contributed by atoms with Gasteiger partial charge in [0.25, 0.3) is 0 Å². The largest absolute Gasteiger partial charge is 0.490 e. The van der Waals surface area contributed by atoms with Crippen LogP contribution in [0.2, 0.25) is 0 Å². The molecule has 0 fully saturated rings. The summed E-state index contributed by atoms with van der Waals surface area (Å²) in [6, 6.07) is 5.04. The molecule has 0 atom stereocenters. The number of ether oxygens (including phenoxy) is 2. The third kappa shape index (κ3) is 4.91. The topological polar surface area (TPSA) is 72.8 Å². The average molecular weight is 280 g/mol. The zero-order valence-corrected chi connectivity index (χ0v) is 12.0. The van der Waals surface area contributed by atoms with Crippen molar-refractivity contribution in [3.63, 3.8) is 0 Å². The fourth-order valence-electron chi connectivity index (χ4n) is 1.57. The summed E-state index contributed by atoms with van der Waals surface area (Å²) in [4.78, 5) is 21.8. The Bertz CT molecular complexity index is 479. The molecule has 5 nitrogen and oxygen atoms in total. The van der Waals surface area contributed by atoms with Crippen LogP contribution in [0, 0.1) is 5.92 Å². The fraction of sp³-hybridized carbons (Fsp3) is 0.467. The molecule has 0 heterocycles. The van der Waals surface area contributed by atoms with Crippen LogP contribution in [0.3, 0.4) is 0 Å². The summed E-state index contributed by atoms with van der Waals surface area (Å²) in [5.74, 6) is -0.750. The van der Waals surface area contributed by atoms with Crippen LogP contribution >= 0.6 is 0 Å². The molecule has 0 aliphatic heterocycles. The Hall–Kier alpha value is -2.04. The molecule has 0 aliphatic carbocycles. The van der Waals surface area contributed by atoms with E-state index in [9.17, 15) is 9.59 Å². The maximum atomic E-state index is 11.2. The fourth-order valence-corrected chi connectivity index (χ4v) is 1.57. The Labute approximate surface area is 118 Å². The molecule has 0 saturated carbocycles. The molecule has 0 radical (unpaired) electrons. The van der Waals surface area contributed by atoms with Crippen LogP contribution in [0.1, 0.15) is 26.3 Å². The second-order valence-electron chi connectivity index (χ2n) is 4.82. The summed E-state index contributed by atoms with van der Waals surface area (Å²) in [5, 5.41) is 8.61. The van der Waals surface area contributed by atoms with E-state index in [0.717, 1.165) is 0 Å². The lowest BCUT2D eigenvalue weighted by molar-refractivity contribution is -0.148. The first-order valence-electron chi connectivity index (χ1n) is 6.58. The summed E-state index contributed by atoms with van der Waals surface area (Å²) in [6.45, 7) is 6.96. The lowest BCUT2D eigenvalue weighted by atomic mass is 10.1. The molecule has 5 heteroatoms. The van der Waals surface area contributed by atoms with Gasteiger partial charge in [0, 0.05) is 6.42 Å². The van der Waals surface area contributed by atoms with Gasteiger partial charge in [-0.3, -0.25) is 4.79 Å². The maximum Gasteiger partial charge on any atom is 0.372 e. The molecule has 0 amide bonds. The zero-order valence-electron chi connectivity index (χ0n) is 12.0. The standard InChI is InChI=1S/C15H20O5/c1-4-19-14-8-11(7-12(16)15(17)18)5-6-13(14)20-9-10(2)3/h5-6,8,10H,4,7,9H2,1-3H3,(H,17,18). The highest BCUT2D eigenvalue weighted by Crippen LogP contribution is 2.29. The minimum atomic E-state index is -1.43. The number of carbonyl (C=O) groups is 2. The lowest BCUT2D eigenvalue weighted by Gasteiger charge is -2.14. The average Bonchev–Trinajstić information content (AvgIpc) is 2.37. The smallest absolute Gasteiger partial charge is 0.372 e. The minimum Gasteiger partial charge on any atom is -0.490 e. The molecule has 0 bridgehead atoms. The van der Waals surface area contributed by atoms with Gasteiger partial charge in [-0.25, -0.2) is 4.79 Å². The number of hydrogen-bond acceptors (Lipinski definition) is 4. The third-order valence-corrected chi connectivity index (χ3v) is 2.48. The summed E-state index contributed by atoms with van der Waals surface area (Å²) < 4.78 is 11.1. The molecule has 0 unspecified atom stereocenters. The van der Waals surface area contributed by atoms with Crippen molar-refractivity contribution >= 4 is 11.8 Å². The number of carbonyl (C=O) groups excluding carboxylic acids is 1. The number of carboxylic acid groups (broad SMARTS) is 1. The van der Waals surface area contributed by atoms with E-state index in [4.69, 9.17) is 14.6 Å². The molecule has 0 aromatic heterocycles. The number of ketones is 1. The highest BCUT2D eigenvalue weighted by Gasteiger charge is 2.14. The SMILES string of the molecule is CCOc1cc(CC(=O)C(=O)O)ccc1OCC(C)C. The zero-order chi connectivity index (χ0) is 15.1. The van der Waals surface area contributed by atoms with Gasteiger partial charge in [0.05, 0.1) is 13.2 Å². The highest BCUT2D eigenvalue weighted by atomic mass is 16.5. The summed E-state index contributed by atoms with van der Waals surface area (Å²) in [6.07, 6.45) is -0.153. The summed E-state index contributed by atoms with van der Waals surface area (Å²) in [7, 11) is 0. The van der Waals surface area contributed by atoms with Crippen molar-refractivity contribution in [2.24, 2.45) is 5.92 Å². The van der Waals surface area contributed by atoms with Gasteiger partial charge in [-0.1, -0.05) is 19.9 Å². The predicted molar refractivity (Wildman–Crippen MR) is 74.3 cm³/mol. The van der Waals surface area contributed by atoms with Crippen molar-refractivity contribution in [2.75, 3.05) is 13.2 Å². The minimum absolute atomic E-state index is 0.153. The molecule has 0 aliphatic rings. The monoisotopic (exact) mass is 280 g/mol. The second-order valence-corrected chi connectivity index (χ2v) is 4.82. The molecule has 1 aromatic rings. The van der Waals surface area contributed by atoms with Crippen molar-refractivity contribution in [2.45, 2.75) is 27.2 Å². The van der Waals surface area contributed by atoms with E-state index < -0.39 is 11.8 Å². The maximum absolute atomic E-state index is 11.2. The third-order valence-electron chi connectivity index (χ3n) is 2.48. The van der Waals surface area contributed by atoms with Crippen LogP contribution in [0.25, 0.3) is 0 Å². The van der Waals surface area contributed by atoms with E-state index in [0.29, 0.717) is 36.2 Å². The Balaban J connectivity index is 2.88. The molecular formula is C15H20O5. The van der Waals surface area contributed by atoms with Gasteiger partial charge in [0.1, 0.15) is 0 Å². The van der Waals surface area contributed by atoms with Crippen molar-refractivity contribution in [1.82, 2.24) is 0 Å². The summed E-state index contributed by atoms with van der Waals surface area (Å²) in [5.41, 5.74) is 0.595. The second kappa shape index (κ2) is 7.53. The van der Waals surface area contributed by atoms with Gasteiger partial charge in [-0.2, -0.15) is 0 Å². The van der Waals surface area contributed by atoms with E-state index in [1.54, 1.807) is 18.2 Å². The normalized spacial score (nSPS) is 10.4. The van der Waals surface area contributed by atoms with Crippen LogP contribution in [0.15, 0.2) is 18.2 Å². The molecule has 0 spiro atoms. The van der Waals surface area contributed by atoms with Crippen LogP contribution < -0.4 is 9.47 Å². The van der Waals surface area contributed by atoms with E-state index in [1.165, 1.54) is 0 Å². The Morgan fingerprint density at radius 2 is 1.90 bits per heavy atom. The number of rotatable bonds is 8. The van der Waals surface area contributed by atoms with Crippen molar-refractivity contribution in [3.8, 4) is 11.5 Å². The van der Waals surface area contributed by atoms with Gasteiger partial charge in [0.2, 0.25) is 5.78 Å². The van der Waals surface area contributed by atoms with Gasteiger partial charge >= 0.3 is 5.97 Å². The Morgan fingerprint density at radius 3 is 2.45 bits per heavy atom. The molecular weight excluding hydrogens is 260 g/mol. The molecule has 110 valence electrons. The quantitative estimate of drug-likeness (QED) is 0.740. The Morgan fingerprint density at radius 1 is 1.20 bits per heavy atom. The van der Waals surface area contributed by atoms with Crippen LogP contribution in [0.4, 0.5) is 0 Å². The van der Waals surface area contributed by atoms with Crippen molar-refractivity contribution in [3.05, 3.63) is 23.8 Å². The molecule has 1 rings (SSSR count). The first-order chi connectivity index (χ1) is 9.43. The van der Waals surface area contributed by atoms with E-state index in [1.807, 2.05) is 20.8 Å². The highest BCUT2D eigenvalue weighted by molar-refractivity contribution is 6.33. The van der Waals surface area contributed by atoms with Crippen LogP contribution in [0.5, 0.6) is 11.5 Å². The Kier molecular flexibility index (Phi) is 6.03. The van der Waals surface area contributed by atoms with Crippen LogP contribution in [-0.2, 0) is 16.0 Å². The number of hydrogen-bond donors (Lipinski definition) is 1. The number of Topliss-reactive ketones (excluding diaryl/α,β-unsaturated/α-hetero) is 1. The van der Waals surface area contributed by atoms with Crippen molar-refractivity contribution < 1.29 is 24.2 Å². The van der Waals surface area contributed by atoms with Gasteiger partial charge in [-0.05, 0) is 30.5 Å². The van der Waals surface area contributed by atoms with E-state index in [-0.39, 0.29) is 6.42 Å². The first-order valence-corrected chi connectivity index (χ1v) is 6.58. The first kappa shape index (κ1) is 16.0. The predicted octanol–water partition coefficient (Wildman–Crippen LogP) is 2.32. The van der Waals surface area contributed by atoms with Crippen molar-refractivity contribution in [1.29, 1.82) is 0 Å². The molecule has 20 heavy (non-hydrogen) atoms. The van der Waals surface area contributed by atoms with Gasteiger partial charge in [-0.15, -0.1) is 0 Å². The molecule has 0 saturated heterocycles. The lowest BCUT2D eigenvalue weighted by Crippen LogP contribution is -2.15. The number of benzene rings is 1. The van der Waals surface area contributed by atoms with E-state index >= 15 is 0 Å². The number of aliphatic carboxylic acids is 1. The number of carboxylic acids is 1. The van der Waals surface area contributed by atoms with Gasteiger partial charge in [0.15, 0.2) is 11.5 Å². The molecule has 1 aromatic carbocycles. The summed E-state index contributed by atoms with van der Waals surface area (Å²) >= 11 is 0. The van der Waals surface area contributed by atoms with Crippen LogP contribution in [-0.4, -0.2) is 30.1 Å².